The van der Waals surface area contributed by atoms with Crippen LogP contribution in [0, 0.1) is 0 Å². The first kappa shape index (κ1) is 13.2. The average Bonchev–Trinajstić information content (AvgIpc) is 2.15. The van der Waals surface area contributed by atoms with Gasteiger partial charge in [-0.25, -0.2) is 0 Å². The molecule has 0 bridgehead atoms. The van der Waals surface area contributed by atoms with E-state index in [1.807, 2.05) is 0 Å². The molecule has 0 aromatic heterocycles. The summed E-state index contributed by atoms with van der Waals surface area (Å²) in [7, 11) is 1.39. The van der Waals surface area contributed by atoms with E-state index in [2.05, 4.69) is 10.1 Å². The molecule has 82 valence electrons. The van der Waals surface area contributed by atoms with Gasteiger partial charge in [-0.1, -0.05) is 12.8 Å². The summed E-state index contributed by atoms with van der Waals surface area (Å²) in [6.45, 7) is 0.598. The minimum Gasteiger partial charge on any atom is -0.469 e. The fourth-order valence-corrected chi connectivity index (χ4v) is 1.13. The van der Waals surface area contributed by atoms with Crippen molar-refractivity contribution in [2.45, 2.75) is 32.1 Å². The van der Waals surface area contributed by atoms with Gasteiger partial charge in [-0.05, 0) is 24.4 Å². The van der Waals surface area contributed by atoms with Gasteiger partial charge in [0.2, 0.25) is 0 Å². The van der Waals surface area contributed by atoms with Crippen molar-refractivity contribution in [2.75, 3.05) is 13.7 Å². The average molecular weight is 222 g/mol. The first-order valence-electron chi connectivity index (χ1n) is 4.67. The Bertz CT molecular complexity index is 185. The summed E-state index contributed by atoms with van der Waals surface area (Å²) >= 11 is 5.07. The molecule has 0 aliphatic rings. The topological polar surface area (TPSA) is 55.4 Å². The Labute approximate surface area is 88.9 Å². The molecular formula is C9H16ClNO3. The number of esters is 1. The number of rotatable bonds is 7. The van der Waals surface area contributed by atoms with E-state index in [0.717, 1.165) is 25.7 Å². The van der Waals surface area contributed by atoms with Gasteiger partial charge in [0.1, 0.15) is 0 Å². The molecule has 0 aromatic carbocycles. The van der Waals surface area contributed by atoms with Crippen LogP contribution in [0.4, 0.5) is 4.79 Å². The van der Waals surface area contributed by atoms with Crippen molar-refractivity contribution in [3.05, 3.63) is 0 Å². The maximum atomic E-state index is 10.7. The van der Waals surface area contributed by atoms with E-state index >= 15 is 0 Å². The van der Waals surface area contributed by atoms with Crippen LogP contribution in [0.15, 0.2) is 0 Å². The number of carbonyl (C=O) groups is 2. The van der Waals surface area contributed by atoms with Gasteiger partial charge in [-0.2, -0.15) is 0 Å². The van der Waals surface area contributed by atoms with E-state index in [-0.39, 0.29) is 5.97 Å². The number of hydrogen-bond donors (Lipinski definition) is 1. The molecule has 5 heteroatoms. The smallest absolute Gasteiger partial charge is 0.313 e. The summed E-state index contributed by atoms with van der Waals surface area (Å²) in [5, 5.41) is 1.98. The SMILES string of the molecule is COC(=O)CCCCCCNC(=O)Cl. The van der Waals surface area contributed by atoms with Gasteiger partial charge < -0.3 is 10.1 Å². The molecule has 4 nitrogen and oxygen atoms in total. The number of ether oxygens (including phenoxy) is 1. The number of halogens is 1. The number of carbonyl (C=O) groups excluding carboxylic acids is 2. The number of unbranched alkanes of at least 4 members (excludes halogenated alkanes) is 3. The molecule has 14 heavy (non-hydrogen) atoms. The highest BCUT2D eigenvalue weighted by molar-refractivity contribution is 6.62. The third kappa shape index (κ3) is 9.32. The Morgan fingerprint density at radius 1 is 1.21 bits per heavy atom. The molecule has 0 spiro atoms. The maximum Gasteiger partial charge on any atom is 0.313 e. The van der Waals surface area contributed by atoms with Gasteiger partial charge in [-0.3, -0.25) is 9.59 Å². The molecule has 0 saturated carbocycles. The molecule has 0 aliphatic carbocycles. The van der Waals surface area contributed by atoms with Crippen molar-refractivity contribution in [3.63, 3.8) is 0 Å². The zero-order valence-electron chi connectivity index (χ0n) is 8.35. The first-order valence-corrected chi connectivity index (χ1v) is 5.04. The Kier molecular flexibility index (Phi) is 8.33. The second kappa shape index (κ2) is 8.81. The summed E-state index contributed by atoms with van der Waals surface area (Å²) in [4.78, 5) is 20.9. The van der Waals surface area contributed by atoms with Gasteiger partial charge in [-0.15, -0.1) is 0 Å². The van der Waals surface area contributed by atoms with E-state index < -0.39 is 5.37 Å². The van der Waals surface area contributed by atoms with Crippen LogP contribution in [0.5, 0.6) is 0 Å². The minimum absolute atomic E-state index is 0.168. The predicted molar refractivity (Wildman–Crippen MR) is 54.4 cm³/mol. The molecule has 0 heterocycles. The zero-order valence-corrected chi connectivity index (χ0v) is 9.10. The predicted octanol–water partition coefficient (Wildman–Crippen LogP) is 2.06. The Balaban J connectivity index is 3.06. The van der Waals surface area contributed by atoms with Crippen molar-refractivity contribution >= 4 is 22.9 Å². The molecule has 0 radical (unpaired) electrons. The van der Waals surface area contributed by atoms with Crippen LogP contribution in [-0.4, -0.2) is 25.0 Å². The summed E-state index contributed by atoms with van der Waals surface area (Å²) in [5.41, 5.74) is 0. The van der Waals surface area contributed by atoms with E-state index in [4.69, 9.17) is 11.6 Å². The van der Waals surface area contributed by atoms with E-state index in [9.17, 15) is 9.59 Å². The van der Waals surface area contributed by atoms with Crippen LogP contribution in [0.25, 0.3) is 0 Å². The highest BCUT2D eigenvalue weighted by atomic mass is 35.5. The van der Waals surface area contributed by atoms with Gasteiger partial charge in [0.05, 0.1) is 7.11 Å². The maximum absolute atomic E-state index is 10.7. The highest BCUT2D eigenvalue weighted by Crippen LogP contribution is 2.03. The van der Waals surface area contributed by atoms with Crippen LogP contribution >= 0.6 is 11.6 Å². The van der Waals surface area contributed by atoms with E-state index in [1.54, 1.807) is 0 Å². The third-order valence-electron chi connectivity index (χ3n) is 1.80. The van der Waals surface area contributed by atoms with Crippen molar-refractivity contribution in [1.29, 1.82) is 0 Å². The molecule has 0 atom stereocenters. The fraction of sp³-hybridized carbons (Fsp3) is 0.778. The fourth-order valence-electron chi connectivity index (χ4n) is 1.04. The summed E-state index contributed by atoms with van der Waals surface area (Å²) < 4.78 is 4.50. The number of methoxy groups -OCH3 is 1. The molecule has 0 unspecified atom stereocenters. The zero-order chi connectivity index (χ0) is 10.8. The van der Waals surface area contributed by atoms with Gasteiger partial charge in [0.15, 0.2) is 0 Å². The Hall–Kier alpha value is -0.770. The number of nitrogens with one attached hydrogen (secondary N) is 1. The largest absolute Gasteiger partial charge is 0.469 e. The first-order chi connectivity index (χ1) is 6.66. The quantitative estimate of drug-likeness (QED) is 0.310. The molecule has 1 N–H and O–H groups in total. The molecule has 0 rings (SSSR count). The van der Waals surface area contributed by atoms with Crippen LogP contribution < -0.4 is 5.32 Å². The lowest BCUT2D eigenvalue weighted by Gasteiger charge is -2.01. The lowest BCUT2D eigenvalue weighted by atomic mass is 10.1. The molecule has 0 aliphatic heterocycles. The van der Waals surface area contributed by atoms with Gasteiger partial charge in [0, 0.05) is 13.0 Å². The minimum atomic E-state index is -0.514. The third-order valence-corrected chi connectivity index (χ3v) is 1.93. The van der Waals surface area contributed by atoms with Crippen molar-refractivity contribution < 1.29 is 14.3 Å². The van der Waals surface area contributed by atoms with Gasteiger partial charge in [0.25, 0.3) is 0 Å². The van der Waals surface area contributed by atoms with Crippen LogP contribution in [0.2, 0.25) is 0 Å². The van der Waals surface area contributed by atoms with Crippen molar-refractivity contribution in [2.24, 2.45) is 0 Å². The van der Waals surface area contributed by atoms with Crippen molar-refractivity contribution in [1.82, 2.24) is 5.32 Å². The van der Waals surface area contributed by atoms with E-state index in [0.29, 0.717) is 13.0 Å². The Morgan fingerprint density at radius 3 is 2.43 bits per heavy atom. The molecule has 0 fully saturated rings. The molecule has 0 saturated heterocycles. The van der Waals surface area contributed by atoms with Crippen molar-refractivity contribution in [3.8, 4) is 0 Å². The summed E-state index contributed by atoms with van der Waals surface area (Å²) in [5.74, 6) is -0.168. The second-order valence-corrected chi connectivity index (χ2v) is 3.28. The lowest BCUT2D eigenvalue weighted by molar-refractivity contribution is -0.140. The Morgan fingerprint density at radius 2 is 1.86 bits per heavy atom. The molecular weight excluding hydrogens is 206 g/mol. The van der Waals surface area contributed by atoms with Crippen LogP contribution in [0.1, 0.15) is 32.1 Å². The monoisotopic (exact) mass is 221 g/mol. The molecule has 1 amide bonds. The number of amides is 1. The number of hydrogen-bond acceptors (Lipinski definition) is 3. The lowest BCUT2D eigenvalue weighted by Crippen LogP contribution is -2.17. The van der Waals surface area contributed by atoms with Crippen LogP contribution in [0.3, 0.4) is 0 Å². The van der Waals surface area contributed by atoms with E-state index in [1.165, 1.54) is 7.11 Å². The normalized spacial score (nSPS) is 9.57. The second-order valence-electron chi connectivity index (χ2n) is 2.94. The molecule has 0 aromatic rings. The summed E-state index contributed by atoms with van der Waals surface area (Å²) in [6, 6.07) is 0. The summed E-state index contributed by atoms with van der Waals surface area (Å²) in [6.07, 6.45) is 4.14. The van der Waals surface area contributed by atoms with Gasteiger partial charge >= 0.3 is 11.3 Å². The standard InChI is InChI=1S/C9H16ClNO3/c1-14-8(12)6-4-2-3-5-7-11-9(10)13/h2-7H2,1H3,(H,11,13). The highest BCUT2D eigenvalue weighted by Gasteiger charge is 1.99. The van der Waals surface area contributed by atoms with Crippen LogP contribution in [-0.2, 0) is 9.53 Å².